The molecule has 2 aromatic carbocycles. The summed E-state index contributed by atoms with van der Waals surface area (Å²) in [4.78, 5) is 52.7. The lowest BCUT2D eigenvalue weighted by atomic mass is 9.96. The van der Waals surface area contributed by atoms with Gasteiger partial charge in [0.2, 0.25) is 5.91 Å². The van der Waals surface area contributed by atoms with E-state index in [1.165, 1.54) is 25.7 Å². The molecule has 3 atom stereocenters. The summed E-state index contributed by atoms with van der Waals surface area (Å²) in [5.74, 6) is -0.0562. The molecule has 268 valence electrons. The highest BCUT2D eigenvalue weighted by molar-refractivity contribution is 9.11. The van der Waals surface area contributed by atoms with Crippen LogP contribution in [0.25, 0.3) is 11.3 Å². The number of hydrogen-bond donors (Lipinski definition) is 3. The first kappa shape index (κ1) is 35.7. The van der Waals surface area contributed by atoms with Crippen LogP contribution in [0, 0.1) is 0 Å². The lowest BCUT2D eigenvalue weighted by Gasteiger charge is -2.45. The second-order valence-corrected chi connectivity index (χ2v) is 16.9. The molecule has 5 heterocycles. The molecule has 11 nitrogen and oxygen atoms in total. The minimum atomic E-state index is -0.728. The zero-order valence-electron chi connectivity index (χ0n) is 28.3. The second kappa shape index (κ2) is 15.1. The average Bonchev–Trinajstić information content (AvgIpc) is 3.58. The van der Waals surface area contributed by atoms with Gasteiger partial charge in [-0.25, -0.2) is 9.59 Å². The standard InChI is InChI=1S/C36H45Br3N8O3/c1-43-26-5-6-27(43)20-28(19-26)44-11-13-45(14-12-44)34(48)31(17-22-15-29(38)33(40)30(39)16-22)41-35(49)46-9-7-25(8-10-46)47-21-32(42-36(47)50)23-3-2-4-24(37)18-23/h2-4,15-16,18,21,25-28,31H,5-14,17,19-20,40H2,1H3,(H,41,49)(H,42,50)/t26?,27?,28?,31-/m1/s1. The number of aromatic nitrogens is 2. The normalized spacial score (nSPS) is 24.0. The number of carbonyl (C=O) groups excluding carboxylic acids is 2. The van der Waals surface area contributed by atoms with E-state index in [2.05, 4.69) is 74.9 Å². The van der Waals surface area contributed by atoms with Crippen molar-refractivity contribution in [3.05, 3.63) is 72.1 Å². The summed E-state index contributed by atoms with van der Waals surface area (Å²) < 4.78 is 4.18. The maximum atomic E-state index is 14.2. The van der Waals surface area contributed by atoms with Crippen LogP contribution in [0.15, 0.2) is 60.8 Å². The lowest BCUT2D eigenvalue weighted by molar-refractivity contribution is -0.135. The Balaban J connectivity index is 0.998. The third kappa shape index (κ3) is 7.60. The molecular formula is C36H45Br3N8O3. The molecule has 4 fully saturated rings. The fraction of sp³-hybridized carbons (Fsp3) is 0.528. The van der Waals surface area contributed by atoms with Gasteiger partial charge in [0.05, 0.1) is 11.4 Å². The number of piperidine rings is 2. The predicted octanol–water partition coefficient (Wildman–Crippen LogP) is 5.44. The lowest BCUT2D eigenvalue weighted by Crippen LogP contribution is -2.59. The number of nitrogens with zero attached hydrogens (tertiary/aromatic N) is 5. The Morgan fingerprint density at radius 3 is 2.18 bits per heavy atom. The monoisotopic (exact) mass is 874 g/mol. The molecule has 2 unspecified atom stereocenters. The van der Waals surface area contributed by atoms with Gasteiger partial charge in [-0.3, -0.25) is 14.3 Å². The highest BCUT2D eigenvalue weighted by Gasteiger charge is 2.41. The number of anilines is 1. The van der Waals surface area contributed by atoms with Gasteiger partial charge in [-0.2, -0.15) is 0 Å². The maximum Gasteiger partial charge on any atom is 0.326 e. The number of benzene rings is 2. The summed E-state index contributed by atoms with van der Waals surface area (Å²) in [6.45, 7) is 3.99. The van der Waals surface area contributed by atoms with Gasteiger partial charge in [-0.15, -0.1) is 0 Å². The summed E-state index contributed by atoms with van der Waals surface area (Å²) in [6, 6.07) is 12.6. The van der Waals surface area contributed by atoms with E-state index in [9.17, 15) is 14.4 Å². The number of hydrogen-bond acceptors (Lipinski definition) is 6. The molecule has 3 aromatic rings. The first-order chi connectivity index (χ1) is 24.0. The maximum absolute atomic E-state index is 14.2. The fourth-order valence-corrected chi connectivity index (χ4v) is 10.2. The Labute approximate surface area is 318 Å². The molecule has 4 N–H and O–H groups in total. The van der Waals surface area contributed by atoms with Gasteiger partial charge in [-0.05, 0) is 107 Å². The topological polar surface area (TPSA) is 123 Å². The Bertz CT molecular complexity index is 1740. The highest BCUT2D eigenvalue weighted by atomic mass is 79.9. The number of nitrogens with two attached hydrogens (primary N) is 1. The number of amides is 3. The van der Waals surface area contributed by atoms with Crippen molar-refractivity contribution in [2.75, 3.05) is 52.0 Å². The molecule has 1 aromatic heterocycles. The van der Waals surface area contributed by atoms with Crippen molar-refractivity contribution in [1.82, 2.24) is 34.5 Å². The predicted molar refractivity (Wildman–Crippen MR) is 206 cm³/mol. The van der Waals surface area contributed by atoms with Crippen LogP contribution in [-0.2, 0) is 11.2 Å². The number of halogens is 3. The van der Waals surface area contributed by atoms with Crippen molar-refractivity contribution in [3.8, 4) is 11.3 Å². The zero-order valence-corrected chi connectivity index (χ0v) is 33.1. The molecule has 4 aliphatic rings. The van der Waals surface area contributed by atoms with E-state index in [4.69, 9.17) is 5.73 Å². The third-order valence-electron chi connectivity index (χ3n) is 11.4. The Kier molecular flexibility index (Phi) is 10.8. The molecular weight excluding hydrogens is 832 g/mol. The van der Waals surface area contributed by atoms with Crippen LogP contribution in [0.2, 0.25) is 0 Å². The number of aromatic amines is 1. The van der Waals surface area contributed by atoms with Crippen molar-refractivity contribution in [1.29, 1.82) is 0 Å². The second-order valence-electron chi connectivity index (χ2n) is 14.3. The Hall–Kier alpha value is -2.65. The number of rotatable bonds is 7. The fourth-order valence-electron chi connectivity index (χ4n) is 8.47. The molecule has 7 rings (SSSR count). The van der Waals surface area contributed by atoms with Gasteiger partial charge in [0.15, 0.2) is 0 Å². The van der Waals surface area contributed by atoms with Crippen LogP contribution in [-0.4, -0.2) is 112 Å². The van der Waals surface area contributed by atoms with Gasteiger partial charge in [0.1, 0.15) is 6.04 Å². The van der Waals surface area contributed by atoms with Crippen LogP contribution in [0.5, 0.6) is 0 Å². The number of nitrogens with one attached hydrogen (secondary N) is 2. The van der Waals surface area contributed by atoms with Crippen LogP contribution in [0.1, 0.15) is 50.1 Å². The quantitative estimate of drug-likeness (QED) is 0.272. The molecule has 4 aliphatic heterocycles. The van der Waals surface area contributed by atoms with Crippen LogP contribution in [0.3, 0.4) is 0 Å². The van der Waals surface area contributed by atoms with E-state index in [1.807, 2.05) is 47.5 Å². The minimum absolute atomic E-state index is 0.0262. The SMILES string of the molecule is CN1C2CCC1CC(N1CCN(C(=O)[C@@H](Cc3cc(Br)c(N)c(Br)c3)NC(=O)N3CCC(n4cc(-c5cccc(Br)c5)[nH]c4=O)CC3)CC1)C2. The largest absolute Gasteiger partial charge is 0.397 e. The van der Waals surface area contributed by atoms with Crippen LogP contribution < -0.4 is 16.7 Å². The number of imidazole rings is 1. The number of piperazine rings is 1. The van der Waals surface area contributed by atoms with Crippen molar-refractivity contribution in [2.45, 2.75) is 75.2 Å². The number of H-pyrrole nitrogens is 1. The molecule has 0 spiro atoms. The number of carbonyl (C=O) groups is 2. The summed E-state index contributed by atoms with van der Waals surface area (Å²) in [7, 11) is 2.27. The van der Waals surface area contributed by atoms with Gasteiger partial charge >= 0.3 is 11.7 Å². The third-order valence-corrected chi connectivity index (χ3v) is 13.2. The van der Waals surface area contributed by atoms with Gasteiger partial charge in [0, 0.05) is 95.0 Å². The molecule has 4 saturated heterocycles. The highest BCUT2D eigenvalue weighted by Crippen LogP contribution is 2.37. The van der Waals surface area contributed by atoms with Crippen molar-refractivity contribution in [2.24, 2.45) is 0 Å². The van der Waals surface area contributed by atoms with Crippen molar-refractivity contribution >= 4 is 65.4 Å². The van der Waals surface area contributed by atoms with E-state index in [0.717, 1.165) is 43.3 Å². The Morgan fingerprint density at radius 2 is 1.54 bits per heavy atom. The van der Waals surface area contributed by atoms with Gasteiger partial charge in [0.25, 0.3) is 0 Å². The average molecular weight is 878 g/mol. The number of likely N-dealkylation sites (tertiary alicyclic amines) is 1. The van der Waals surface area contributed by atoms with E-state index in [0.29, 0.717) is 69.3 Å². The van der Waals surface area contributed by atoms with E-state index < -0.39 is 6.04 Å². The first-order valence-corrected chi connectivity index (χ1v) is 20.0. The zero-order chi connectivity index (χ0) is 35.1. The number of urea groups is 1. The van der Waals surface area contributed by atoms with Crippen LogP contribution >= 0.6 is 47.8 Å². The molecule has 0 saturated carbocycles. The molecule has 2 bridgehead atoms. The van der Waals surface area contributed by atoms with Gasteiger partial charge < -0.3 is 30.7 Å². The Morgan fingerprint density at radius 1 is 0.880 bits per heavy atom. The molecule has 0 radical (unpaired) electrons. The summed E-state index contributed by atoms with van der Waals surface area (Å²) in [5, 5.41) is 3.12. The number of fused-ring (bicyclic) bond motifs is 2. The van der Waals surface area contributed by atoms with E-state index >= 15 is 0 Å². The molecule has 0 aliphatic carbocycles. The van der Waals surface area contributed by atoms with E-state index in [1.54, 1.807) is 9.47 Å². The molecule has 14 heteroatoms. The smallest absolute Gasteiger partial charge is 0.326 e. The molecule has 50 heavy (non-hydrogen) atoms. The minimum Gasteiger partial charge on any atom is -0.397 e. The van der Waals surface area contributed by atoms with E-state index in [-0.39, 0.29) is 23.7 Å². The summed E-state index contributed by atoms with van der Waals surface area (Å²) in [6.07, 6.45) is 8.51. The van der Waals surface area contributed by atoms with Crippen LogP contribution in [0.4, 0.5) is 10.5 Å². The van der Waals surface area contributed by atoms with Gasteiger partial charge in [-0.1, -0.05) is 28.1 Å². The molecule has 3 amide bonds. The van der Waals surface area contributed by atoms with Crippen molar-refractivity contribution < 1.29 is 9.59 Å². The summed E-state index contributed by atoms with van der Waals surface area (Å²) >= 11 is 10.6. The first-order valence-electron chi connectivity index (χ1n) is 17.6. The summed E-state index contributed by atoms with van der Waals surface area (Å²) in [5.41, 5.74) is 9.18. The number of nitrogen functional groups attached to an aromatic ring is 1. The van der Waals surface area contributed by atoms with Crippen molar-refractivity contribution in [3.63, 3.8) is 0 Å².